The Balaban J connectivity index is 1.98. The van der Waals surface area contributed by atoms with Crippen molar-refractivity contribution in [1.82, 2.24) is 9.97 Å². The van der Waals surface area contributed by atoms with Crippen molar-refractivity contribution in [3.63, 3.8) is 0 Å². The lowest BCUT2D eigenvalue weighted by Gasteiger charge is -2.05. The van der Waals surface area contributed by atoms with E-state index in [1.54, 1.807) is 24.3 Å². The van der Waals surface area contributed by atoms with Crippen LogP contribution >= 0.6 is 0 Å². The Morgan fingerprint density at radius 2 is 1.73 bits per heavy atom. The van der Waals surface area contributed by atoms with E-state index in [0.717, 1.165) is 10.9 Å². The molecular weight excluding hydrogens is 280 g/mol. The van der Waals surface area contributed by atoms with Gasteiger partial charge in [0.05, 0.1) is 5.52 Å². The van der Waals surface area contributed by atoms with Crippen LogP contribution in [0.15, 0.2) is 66.0 Å². The fourth-order valence-electron chi connectivity index (χ4n) is 2.03. The van der Waals surface area contributed by atoms with E-state index in [4.69, 9.17) is 0 Å². The van der Waals surface area contributed by atoms with Gasteiger partial charge in [-0.3, -0.25) is 5.43 Å². The summed E-state index contributed by atoms with van der Waals surface area (Å²) in [5.41, 5.74) is 3.91. The van der Waals surface area contributed by atoms with Crippen LogP contribution in [0, 0.1) is 0 Å². The summed E-state index contributed by atoms with van der Waals surface area (Å²) in [5.74, 6) is -0.655. The number of carboxylic acid groups (broad SMARTS) is 1. The van der Waals surface area contributed by atoms with E-state index in [0.29, 0.717) is 11.4 Å². The average molecular weight is 292 g/mol. The molecule has 0 fully saturated rings. The smallest absolute Gasteiger partial charge is 0.356 e. The Labute approximate surface area is 126 Å². The zero-order valence-corrected chi connectivity index (χ0v) is 11.5. The first kappa shape index (κ1) is 13.7. The molecule has 0 unspecified atom stereocenters. The molecule has 0 saturated carbocycles. The van der Waals surface area contributed by atoms with E-state index in [-0.39, 0.29) is 5.71 Å². The Morgan fingerprint density at radius 1 is 1.00 bits per heavy atom. The van der Waals surface area contributed by atoms with Crippen LogP contribution in [-0.2, 0) is 4.79 Å². The fourth-order valence-corrected chi connectivity index (χ4v) is 2.03. The first-order valence-corrected chi connectivity index (χ1v) is 6.58. The van der Waals surface area contributed by atoms with Crippen molar-refractivity contribution >= 4 is 28.4 Å². The van der Waals surface area contributed by atoms with E-state index < -0.39 is 5.97 Å². The van der Waals surface area contributed by atoms with Gasteiger partial charge >= 0.3 is 5.97 Å². The van der Waals surface area contributed by atoms with Gasteiger partial charge in [-0.15, -0.1) is 0 Å². The molecule has 108 valence electrons. The van der Waals surface area contributed by atoms with Crippen molar-refractivity contribution < 1.29 is 9.90 Å². The van der Waals surface area contributed by atoms with Crippen LogP contribution in [0.1, 0.15) is 5.56 Å². The summed E-state index contributed by atoms with van der Waals surface area (Å²) in [6.45, 7) is 0. The lowest BCUT2D eigenvalue weighted by atomic mass is 10.1. The molecule has 22 heavy (non-hydrogen) atoms. The van der Waals surface area contributed by atoms with Crippen molar-refractivity contribution in [3.05, 3.63) is 66.5 Å². The molecule has 6 nitrogen and oxygen atoms in total. The summed E-state index contributed by atoms with van der Waals surface area (Å²) >= 11 is 0. The lowest BCUT2D eigenvalue weighted by Crippen LogP contribution is -2.16. The molecule has 2 aromatic carbocycles. The third-order valence-corrected chi connectivity index (χ3v) is 3.07. The lowest BCUT2D eigenvalue weighted by molar-refractivity contribution is -0.129. The minimum Gasteiger partial charge on any atom is -0.476 e. The number of rotatable bonds is 4. The van der Waals surface area contributed by atoms with Gasteiger partial charge in [0.25, 0.3) is 0 Å². The SMILES string of the molecule is O=C(O)/C(=N\Nc1ncnc2ccccc12)c1ccccc1. The molecule has 0 amide bonds. The third-order valence-electron chi connectivity index (χ3n) is 3.07. The third kappa shape index (κ3) is 2.76. The number of anilines is 1. The molecule has 0 aliphatic heterocycles. The van der Waals surface area contributed by atoms with Crippen molar-refractivity contribution in [1.29, 1.82) is 0 Å². The molecule has 0 aliphatic rings. The number of nitrogens with zero attached hydrogens (tertiary/aromatic N) is 3. The van der Waals surface area contributed by atoms with Crippen LogP contribution in [0.4, 0.5) is 5.82 Å². The van der Waals surface area contributed by atoms with Gasteiger partial charge in [-0.1, -0.05) is 42.5 Å². The summed E-state index contributed by atoms with van der Waals surface area (Å²) in [6.07, 6.45) is 1.41. The van der Waals surface area contributed by atoms with E-state index in [1.165, 1.54) is 6.33 Å². The number of carboxylic acids is 1. The van der Waals surface area contributed by atoms with E-state index in [2.05, 4.69) is 20.5 Å². The second-order valence-electron chi connectivity index (χ2n) is 4.48. The highest BCUT2D eigenvalue weighted by atomic mass is 16.4. The average Bonchev–Trinajstić information content (AvgIpc) is 2.56. The highest BCUT2D eigenvalue weighted by Gasteiger charge is 2.12. The molecule has 0 saturated heterocycles. The van der Waals surface area contributed by atoms with Crippen molar-refractivity contribution in [2.45, 2.75) is 0 Å². The van der Waals surface area contributed by atoms with Crippen molar-refractivity contribution in [2.24, 2.45) is 5.10 Å². The van der Waals surface area contributed by atoms with Gasteiger partial charge in [-0.2, -0.15) is 5.10 Å². The predicted octanol–water partition coefficient (Wildman–Crippen LogP) is 2.53. The number of aromatic nitrogens is 2. The maximum atomic E-state index is 11.4. The van der Waals surface area contributed by atoms with Gasteiger partial charge < -0.3 is 5.11 Å². The molecule has 1 heterocycles. The largest absolute Gasteiger partial charge is 0.476 e. The normalized spacial score (nSPS) is 11.4. The topological polar surface area (TPSA) is 87.5 Å². The van der Waals surface area contributed by atoms with Crippen molar-refractivity contribution in [3.8, 4) is 0 Å². The first-order chi connectivity index (χ1) is 10.8. The maximum absolute atomic E-state index is 11.4. The number of benzene rings is 2. The molecule has 3 rings (SSSR count). The van der Waals surface area contributed by atoms with Gasteiger partial charge in [0.2, 0.25) is 0 Å². The van der Waals surface area contributed by atoms with Crippen LogP contribution in [0.3, 0.4) is 0 Å². The zero-order valence-electron chi connectivity index (χ0n) is 11.5. The number of hydrogen-bond acceptors (Lipinski definition) is 5. The Kier molecular flexibility index (Phi) is 3.74. The van der Waals surface area contributed by atoms with Gasteiger partial charge in [0, 0.05) is 10.9 Å². The Hall–Kier alpha value is -3.28. The number of aliphatic carboxylic acids is 1. The van der Waals surface area contributed by atoms with Crippen LogP contribution in [0.5, 0.6) is 0 Å². The number of hydrazone groups is 1. The number of carbonyl (C=O) groups is 1. The molecular formula is C16H12N4O2. The summed E-state index contributed by atoms with van der Waals surface area (Å²) < 4.78 is 0. The van der Waals surface area contributed by atoms with E-state index in [1.807, 2.05) is 30.3 Å². The van der Waals surface area contributed by atoms with Gasteiger partial charge in [-0.05, 0) is 12.1 Å². The quantitative estimate of drug-likeness (QED) is 0.570. The molecule has 0 spiro atoms. The zero-order chi connectivity index (χ0) is 15.4. The number of nitrogens with one attached hydrogen (secondary N) is 1. The van der Waals surface area contributed by atoms with Gasteiger partial charge in [-0.25, -0.2) is 14.8 Å². The van der Waals surface area contributed by atoms with Gasteiger partial charge in [0.1, 0.15) is 6.33 Å². The van der Waals surface area contributed by atoms with Crippen LogP contribution in [0.2, 0.25) is 0 Å². The summed E-state index contributed by atoms with van der Waals surface area (Å²) in [5, 5.41) is 14.1. The van der Waals surface area contributed by atoms with Crippen LogP contribution in [0.25, 0.3) is 10.9 Å². The summed E-state index contributed by atoms with van der Waals surface area (Å²) in [7, 11) is 0. The van der Waals surface area contributed by atoms with Gasteiger partial charge in [0.15, 0.2) is 11.5 Å². The minimum absolute atomic E-state index is 0.0803. The summed E-state index contributed by atoms with van der Waals surface area (Å²) in [4.78, 5) is 19.6. The Morgan fingerprint density at radius 3 is 2.50 bits per heavy atom. The molecule has 0 bridgehead atoms. The summed E-state index contributed by atoms with van der Waals surface area (Å²) in [6, 6.07) is 16.1. The van der Waals surface area contributed by atoms with Crippen molar-refractivity contribution in [2.75, 3.05) is 5.43 Å². The highest BCUT2D eigenvalue weighted by molar-refractivity contribution is 6.42. The van der Waals surface area contributed by atoms with E-state index in [9.17, 15) is 9.90 Å². The molecule has 2 N–H and O–H groups in total. The molecule has 3 aromatic rings. The molecule has 1 aromatic heterocycles. The van der Waals surface area contributed by atoms with E-state index >= 15 is 0 Å². The minimum atomic E-state index is -1.11. The second kappa shape index (κ2) is 6.01. The Bertz CT molecular complexity index is 842. The predicted molar refractivity (Wildman–Crippen MR) is 83.8 cm³/mol. The monoisotopic (exact) mass is 292 g/mol. The highest BCUT2D eigenvalue weighted by Crippen LogP contribution is 2.18. The van der Waals surface area contributed by atoms with Crippen LogP contribution < -0.4 is 5.43 Å². The van der Waals surface area contributed by atoms with Crippen LogP contribution in [-0.4, -0.2) is 26.8 Å². The molecule has 6 heteroatoms. The second-order valence-corrected chi connectivity index (χ2v) is 4.48. The first-order valence-electron chi connectivity index (χ1n) is 6.58. The number of para-hydroxylation sites is 1. The number of hydrogen-bond donors (Lipinski definition) is 2. The molecule has 0 radical (unpaired) electrons. The molecule has 0 aliphatic carbocycles. The maximum Gasteiger partial charge on any atom is 0.356 e. The standard InChI is InChI=1S/C16H12N4O2/c21-16(22)14(11-6-2-1-3-7-11)19-20-15-12-8-4-5-9-13(12)17-10-18-15/h1-10H,(H,21,22)(H,17,18,20)/b19-14-. The fraction of sp³-hybridized carbons (Fsp3) is 0. The molecule has 0 atom stereocenters. The number of fused-ring (bicyclic) bond motifs is 1.